The first-order valence-electron chi connectivity index (χ1n) is 7.02. The van der Waals surface area contributed by atoms with Crippen molar-refractivity contribution in [3.05, 3.63) is 35.4 Å². The largest absolute Gasteiger partial charge is 0.466 e. The van der Waals surface area contributed by atoms with Crippen molar-refractivity contribution in [1.82, 2.24) is 0 Å². The molecule has 0 spiro atoms. The molecule has 1 N–H and O–H groups in total. The molecule has 4 heteroatoms. The van der Waals surface area contributed by atoms with Crippen LogP contribution in [0.25, 0.3) is 6.08 Å². The van der Waals surface area contributed by atoms with E-state index in [2.05, 4.69) is 43.0 Å². The third-order valence-electron chi connectivity index (χ3n) is 3.14. The Labute approximate surface area is 127 Å². The van der Waals surface area contributed by atoms with Crippen LogP contribution < -0.4 is 5.32 Å². The van der Waals surface area contributed by atoms with Crippen LogP contribution in [0.4, 0.5) is 5.69 Å². The fourth-order valence-corrected chi connectivity index (χ4v) is 1.83. The summed E-state index contributed by atoms with van der Waals surface area (Å²) in [4.78, 5) is 11.2. The zero-order valence-corrected chi connectivity index (χ0v) is 13.5. The normalized spacial score (nSPS) is 11.7. The number of carbonyl (C=O) groups is 1. The van der Waals surface area contributed by atoms with Gasteiger partial charge in [-0.1, -0.05) is 32.9 Å². The molecule has 0 radical (unpaired) electrons. The number of nitrogens with one attached hydrogen (secondary N) is 1. The molecule has 21 heavy (non-hydrogen) atoms. The monoisotopic (exact) mass is 291 g/mol. The van der Waals surface area contributed by atoms with Gasteiger partial charge in [0.1, 0.15) is 0 Å². The Morgan fingerprint density at radius 3 is 2.57 bits per heavy atom. The number of methoxy groups -OCH3 is 2. The van der Waals surface area contributed by atoms with E-state index in [1.165, 1.54) is 18.7 Å². The summed E-state index contributed by atoms with van der Waals surface area (Å²) in [5.74, 6) is -0.363. The maximum atomic E-state index is 11.2. The zero-order valence-electron chi connectivity index (χ0n) is 13.5. The zero-order chi connectivity index (χ0) is 15.9. The summed E-state index contributed by atoms with van der Waals surface area (Å²) in [6.45, 7) is 7.85. The second kappa shape index (κ2) is 7.84. The Morgan fingerprint density at radius 1 is 1.29 bits per heavy atom. The molecule has 0 aromatic heterocycles. The highest BCUT2D eigenvalue weighted by molar-refractivity contribution is 5.88. The van der Waals surface area contributed by atoms with Crippen molar-refractivity contribution >= 4 is 17.7 Å². The van der Waals surface area contributed by atoms with Gasteiger partial charge in [0.2, 0.25) is 0 Å². The molecule has 0 aliphatic carbocycles. The maximum absolute atomic E-state index is 11.2. The van der Waals surface area contributed by atoms with Gasteiger partial charge in [-0.2, -0.15) is 0 Å². The minimum absolute atomic E-state index is 0.0717. The Kier molecular flexibility index (Phi) is 6.43. The third-order valence-corrected chi connectivity index (χ3v) is 3.14. The van der Waals surface area contributed by atoms with Crippen LogP contribution >= 0.6 is 0 Å². The Balaban J connectivity index is 3.04. The quantitative estimate of drug-likeness (QED) is 0.496. The fraction of sp³-hybridized carbons (Fsp3) is 0.471. The number of ether oxygens (including phenoxy) is 2. The number of hydrogen-bond acceptors (Lipinski definition) is 4. The van der Waals surface area contributed by atoms with Crippen molar-refractivity contribution in [2.75, 3.05) is 32.7 Å². The summed E-state index contributed by atoms with van der Waals surface area (Å²) in [5, 5.41) is 3.34. The van der Waals surface area contributed by atoms with Crippen molar-refractivity contribution in [3.8, 4) is 0 Å². The van der Waals surface area contributed by atoms with Gasteiger partial charge in [-0.15, -0.1) is 0 Å². The lowest BCUT2D eigenvalue weighted by Gasteiger charge is -2.21. The number of anilines is 1. The van der Waals surface area contributed by atoms with Crippen molar-refractivity contribution in [2.45, 2.75) is 26.2 Å². The number of hydrogen-bond donors (Lipinski definition) is 1. The lowest BCUT2D eigenvalue weighted by molar-refractivity contribution is -0.134. The molecule has 116 valence electrons. The Bertz CT molecular complexity index is 501. The van der Waals surface area contributed by atoms with E-state index in [9.17, 15) is 4.79 Å². The summed E-state index contributed by atoms with van der Waals surface area (Å²) in [6.07, 6.45) is 3.18. The molecule has 1 rings (SSSR count). The molecule has 0 aliphatic heterocycles. The maximum Gasteiger partial charge on any atom is 0.330 e. The van der Waals surface area contributed by atoms with E-state index in [0.29, 0.717) is 13.2 Å². The highest BCUT2D eigenvalue weighted by Crippen LogP contribution is 2.28. The summed E-state index contributed by atoms with van der Waals surface area (Å²) in [7, 11) is 3.04. The third kappa shape index (κ3) is 5.60. The van der Waals surface area contributed by atoms with Gasteiger partial charge in [0.05, 0.1) is 13.7 Å². The lowest BCUT2D eigenvalue weighted by Crippen LogP contribution is -2.13. The summed E-state index contributed by atoms with van der Waals surface area (Å²) in [6, 6.07) is 6.21. The number of carbonyl (C=O) groups excluding carboxylic acids is 1. The number of benzene rings is 1. The van der Waals surface area contributed by atoms with Crippen LogP contribution in [0, 0.1) is 0 Å². The second-order valence-electron chi connectivity index (χ2n) is 5.83. The molecule has 0 saturated carbocycles. The van der Waals surface area contributed by atoms with Crippen molar-refractivity contribution in [1.29, 1.82) is 0 Å². The van der Waals surface area contributed by atoms with Gasteiger partial charge in [0.25, 0.3) is 0 Å². The van der Waals surface area contributed by atoms with Crippen molar-refractivity contribution in [3.63, 3.8) is 0 Å². The van der Waals surface area contributed by atoms with Gasteiger partial charge >= 0.3 is 5.97 Å². The Morgan fingerprint density at radius 2 is 2.00 bits per heavy atom. The molecule has 0 fully saturated rings. The van der Waals surface area contributed by atoms with E-state index in [-0.39, 0.29) is 11.4 Å². The first kappa shape index (κ1) is 17.2. The van der Waals surface area contributed by atoms with Crippen LogP contribution in [0.15, 0.2) is 24.3 Å². The predicted octanol–water partition coefficient (Wildman–Crippen LogP) is 3.23. The first-order chi connectivity index (χ1) is 9.88. The molecule has 0 saturated heterocycles. The lowest BCUT2D eigenvalue weighted by atomic mass is 9.86. The minimum Gasteiger partial charge on any atom is -0.466 e. The van der Waals surface area contributed by atoms with E-state index in [0.717, 1.165) is 11.3 Å². The molecule has 4 nitrogen and oxygen atoms in total. The fourth-order valence-electron chi connectivity index (χ4n) is 1.83. The second-order valence-corrected chi connectivity index (χ2v) is 5.83. The first-order valence-corrected chi connectivity index (χ1v) is 7.02. The van der Waals surface area contributed by atoms with E-state index in [4.69, 9.17) is 4.74 Å². The van der Waals surface area contributed by atoms with Gasteiger partial charge in [-0.05, 0) is 28.7 Å². The average Bonchev–Trinajstić information content (AvgIpc) is 2.44. The van der Waals surface area contributed by atoms with Crippen LogP contribution in [0.1, 0.15) is 31.9 Å². The standard InChI is InChI=1S/C17H25NO3/c1-17(2,3)14-8-6-13(7-9-16(19)21-5)15(12-14)18-10-11-20-4/h6-9,12,18H,10-11H2,1-5H3. The van der Waals surface area contributed by atoms with Gasteiger partial charge in [-0.3, -0.25) is 0 Å². The molecular formula is C17H25NO3. The van der Waals surface area contributed by atoms with Gasteiger partial charge in [-0.25, -0.2) is 4.79 Å². The molecular weight excluding hydrogens is 266 g/mol. The highest BCUT2D eigenvalue weighted by Gasteiger charge is 2.15. The number of esters is 1. The van der Waals surface area contributed by atoms with Crippen molar-refractivity contribution < 1.29 is 14.3 Å². The molecule has 1 aromatic carbocycles. The molecule has 0 bridgehead atoms. The smallest absolute Gasteiger partial charge is 0.330 e. The molecule has 1 aromatic rings. The minimum atomic E-state index is -0.363. The molecule has 0 unspecified atom stereocenters. The van der Waals surface area contributed by atoms with Gasteiger partial charge in [0.15, 0.2) is 0 Å². The van der Waals surface area contributed by atoms with E-state index in [1.807, 2.05) is 6.07 Å². The topological polar surface area (TPSA) is 47.6 Å². The molecule has 0 heterocycles. The average molecular weight is 291 g/mol. The van der Waals surface area contributed by atoms with E-state index < -0.39 is 0 Å². The van der Waals surface area contributed by atoms with E-state index >= 15 is 0 Å². The molecule has 0 amide bonds. The molecule has 0 aliphatic rings. The van der Waals surface area contributed by atoms with Gasteiger partial charge in [0, 0.05) is 25.4 Å². The van der Waals surface area contributed by atoms with Crippen LogP contribution in [-0.2, 0) is 19.7 Å². The van der Waals surface area contributed by atoms with Crippen LogP contribution in [0.5, 0.6) is 0 Å². The molecule has 0 atom stereocenters. The van der Waals surface area contributed by atoms with Crippen molar-refractivity contribution in [2.24, 2.45) is 0 Å². The summed E-state index contributed by atoms with van der Waals surface area (Å²) >= 11 is 0. The predicted molar refractivity (Wildman–Crippen MR) is 86.6 cm³/mol. The van der Waals surface area contributed by atoms with Crippen LogP contribution in [0.2, 0.25) is 0 Å². The van der Waals surface area contributed by atoms with Crippen LogP contribution in [0.3, 0.4) is 0 Å². The van der Waals surface area contributed by atoms with Crippen LogP contribution in [-0.4, -0.2) is 33.3 Å². The van der Waals surface area contributed by atoms with Gasteiger partial charge < -0.3 is 14.8 Å². The summed E-state index contributed by atoms with van der Waals surface area (Å²) in [5.41, 5.74) is 3.24. The van der Waals surface area contributed by atoms with E-state index in [1.54, 1.807) is 13.2 Å². The number of rotatable bonds is 6. The Hall–Kier alpha value is -1.81. The summed E-state index contributed by atoms with van der Waals surface area (Å²) < 4.78 is 9.68. The SMILES string of the molecule is COCCNc1cc(C(C)(C)C)ccc1C=CC(=O)OC. The highest BCUT2D eigenvalue weighted by atomic mass is 16.5.